The predicted octanol–water partition coefficient (Wildman–Crippen LogP) is 1.41. The van der Waals surface area contributed by atoms with E-state index in [1.54, 1.807) is 23.1 Å². The zero-order valence-electron chi connectivity index (χ0n) is 15.7. The molecule has 156 valence electrons. The van der Waals surface area contributed by atoms with Gasteiger partial charge in [-0.05, 0) is 12.1 Å². The molecule has 1 unspecified atom stereocenters. The minimum atomic E-state index is -2.84. The van der Waals surface area contributed by atoms with E-state index in [9.17, 15) is 18.4 Å². The first kappa shape index (κ1) is 22.2. The molecular formula is C18H24ClF2N3O4. The molecule has 1 N–H and O–H groups in total. The van der Waals surface area contributed by atoms with Gasteiger partial charge in [0.15, 0.2) is 0 Å². The highest BCUT2D eigenvalue weighted by atomic mass is 35.5. The maximum absolute atomic E-state index is 13.3. The van der Waals surface area contributed by atoms with Gasteiger partial charge in [-0.1, -0.05) is 0 Å². The Morgan fingerprint density at radius 3 is 2.29 bits per heavy atom. The van der Waals surface area contributed by atoms with Crippen LogP contribution in [-0.2, 0) is 4.79 Å². The van der Waals surface area contributed by atoms with E-state index in [0.29, 0.717) is 43.2 Å². The first-order chi connectivity index (χ1) is 12.8. The average Bonchev–Trinajstić information content (AvgIpc) is 3.06. The quantitative estimate of drug-likeness (QED) is 0.799. The van der Waals surface area contributed by atoms with Crippen LogP contribution in [-0.4, -0.2) is 80.5 Å². The molecule has 2 aliphatic rings. The molecule has 2 fully saturated rings. The Morgan fingerprint density at radius 2 is 1.75 bits per heavy atom. The zero-order chi connectivity index (χ0) is 19.6. The number of ether oxygens (including phenoxy) is 2. The molecule has 1 aromatic rings. The Bertz CT molecular complexity index is 727. The summed E-state index contributed by atoms with van der Waals surface area (Å²) in [5.74, 6) is -2.38. The number of nitrogens with one attached hydrogen (secondary N) is 1. The van der Waals surface area contributed by atoms with E-state index in [1.165, 1.54) is 19.1 Å². The molecule has 10 heteroatoms. The monoisotopic (exact) mass is 419 g/mol. The third-order valence-electron chi connectivity index (χ3n) is 4.93. The van der Waals surface area contributed by atoms with Crippen molar-refractivity contribution >= 4 is 24.2 Å². The van der Waals surface area contributed by atoms with Crippen molar-refractivity contribution in [2.24, 2.45) is 0 Å². The number of alkyl halides is 2. The van der Waals surface area contributed by atoms with Crippen molar-refractivity contribution in [1.29, 1.82) is 0 Å². The summed E-state index contributed by atoms with van der Waals surface area (Å²) in [6, 6.07) is 4.10. The number of rotatable bonds is 4. The van der Waals surface area contributed by atoms with Crippen molar-refractivity contribution in [2.45, 2.75) is 18.4 Å². The van der Waals surface area contributed by atoms with Gasteiger partial charge in [0, 0.05) is 38.7 Å². The highest BCUT2D eigenvalue weighted by Gasteiger charge is 2.44. The summed E-state index contributed by atoms with van der Waals surface area (Å²) in [7, 11) is 3.01. The van der Waals surface area contributed by atoms with Crippen LogP contribution >= 0.6 is 12.4 Å². The van der Waals surface area contributed by atoms with E-state index < -0.39 is 24.9 Å². The smallest absolute Gasteiger partial charge is 0.262 e. The molecule has 3 rings (SSSR count). The number of hydrogen-bond donors (Lipinski definition) is 1. The maximum atomic E-state index is 13.3. The van der Waals surface area contributed by atoms with Crippen LogP contribution < -0.4 is 14.8 Å². The van der Waals surface area contributed by atoms with Gasteiger partial charge in [-0.3, -0.25) is 14.9 Å². The Balaban J connectivity index is 0.00000280. The molecule has 0 radical (unpaired) electrons. The van der Waals surface area contributed by atoms with E-state index in [-0.39, 0.29) is 24.2 Å². The van der Waals surface area contributed by atoms with Crippen LogP contribution in [0.3, 0.4) is 0 Å². The molecule has 2 aliphatic heterocycles. The predicted molar refractivity (Wildman–Crippen MR) is 101 cm³/mol. The molecule has 7 nitrogen and oxygen atoms in total. The number of carbonyl (C=O) groups is 2. The van der Waals surface area contributed by atoms with Crippen LogP contribution in [0, 0.1) is 0 Å². The second kappa shape index (κ2) is 8.91. The number of nitrogens with zero attached hydrogens (tertiary/aromatic N) is 2. The number of methoxy groups -OCH3 is 2. The van der Waals surface area contributed by atoms with E-state index >= 15 is 0 Å². The van der Waals surface area contributed by atoms with Gasteiger partial charge in [0.25, 0.3) is 11.8 Å². The maximum Gasteiger partial charge on any atom is 0.262 e. The molecular weight excluding hydrogens is 396 g/mol. The summed E-state index contributed by atoms with van der Waals surface area (Å²) in [6.45, 7) is 0.824. The molecule has 2 heterocycles. The standard InChI is InChI=1S/C18H23F2N3O4.ClH/c1-26-12-3-4-13(15(9-12)27-2)16(24)22-5-7-23(8-6-22)17(25)14-10-18(19,20)11-21-14;/h3-4,9,14,21H,5-8,10-11H2,1-2H3;1H. The van der Waals surface area contributed by atoms with E-state index in [2.05, 4.69) is 5.32 Å². The minimum absolute atomic E-state index is 0. The second-order valence-corrected chi connectivity index (χ2v) is 6.68. The van der Waals surface area contributed by atoms with E-state index in [0.717, 1.165) is 0 Å². The second-order valence-electron chi connectivity index (χ2n) is 6.68. The number of benzene rings is 1. The van der Waals surface area contributed by atoms with Gasteiger partial charge in [0.2, 0.25) is 5.91 Å². The zero-order valence-corrected chi connectivity index (χ0v) is 16.6. The van der Waals surface area contributed by atoms with Crippen LogP contribution in [0.15, 0.2) is 18.2 Å². The van der Waals surface area contributed by atoms with Gasteiger partial charge in [-0.2, -0.15) is 0 Å². The molecule has 2 saturated heterocycles. The average molecular weight is 420 g/mol. The highest BCUT2D eigenvalue weighted by molar-refractivity contribution is 5.97. The summed E-state index contributed by atoms with van der Waals surface area (Å²) in [5.41, 5.74) is 0.412. The van der Waals surface area contributed by atoms with Gasteiger partial charge in [0.1, 0.15) is 11.5 Å². The Hall–Kier alpha value is -2.13. The summed E-state index contributed by atoms with van der Waals surface area (Å²) in [4.78, 5) is 28.4. The van der Waals surface area contributed by atoms with Crippen LogP contribution in [0.5, 0.6) is 11.5 Å². The largest absolute Gasteiger partial charge is 0.497 e. The van der Waals surface area contributed by atoms with Gasteiger partial charge in [-0.15, -0.1) is 12.4 Å². The molecule has 0 spiro atoms. The van der Waals surface area contributed by atoms with Gasteiger partial charge in [-0.25, -0.2) is 8.78 Å². The molecule has 28 heavy (non-hydrogen) atoms. The highest BCUT2D eigenvalue weighted by Crippen LogP contribution is 2.28. The third-order valence-corrected chi connectivity index (χ3v) is 4.93. The lowest BCUT2D eigenvalue weighted by atomic mass is 10.1. The van der Waals surface area contributed by atoms with Gasteiger partial charge < -0.3 is 19.3 Å². The molecule has 1 aromatic carbocycles. The fraction of sp³-hybridized carbons (Fsp3) is 0.556. The third kappa shape index (κ3) is 4.64. The first-order valence-corrected chi connectivity index (χ1v) is 8.76. The van der Waals surface area contributed by atoms with Gasteiger partial charge >= 0.3 is 0 Å². The summed E-state index contributed by atoms with van der Waals surface area (Å²) in [6.07, 6.45) is -0.478. The lowest BCUT2D eigenvalue weighted by molar-refractivity contribution is -0.135. The molecule has 0 bridgehead atoms. The SMILES string of the molecule is COc1ccc(C(=O)N2CCN(C(=O)C3CC(F)(F)CN3)CC2)c(OC)c1.Cl. The molecule has 1 atom stereocenters. The lowest BCUT2D eigenvalue weighted by Crippen LogP contribution is -2.54. The lowest BCUT2D eigenvalue weighted by Gasteiger charge is -2.36. The van der Waals surface area contributed by atoms with Crippen molar-refractivity contribution in [3.05, 3.63) is 23.8 Å². The topological polar surface area (TPSA) is 71.1 Å². The van der Waals surface area contributed by atoms with Crippen molar-refractivity contribution in [3.8, 4) is 11.5 Å². The Labute approximate surface area is 168 Å². The molecule has 0 aromatic heterocycles. The minimum Gasteiger partial charge on any atom is -0.497 e. The molecule has 0 saturated carbocycles. The Morgan fingerprint density at radius 1 is 1.11 bits per heavy atom. The number of amides is 2. The fourth-order valence-corrected chi connectivity index (χ4v) is 3.39. The van der Waals surface area contributed by atoms with Crippen LogP contribution in [0.25, 0.3) is 0 Å². The van der Waals surface area contributed by atoms with E-state index in [1.807, 2.05) is 0 Å². The Kier molecular flexibility index (Phi) is 7.06. The van der Waals surface area contributed by atoms with Crippen molar-refractivity contribution in [3.63, 3.8) is 0 Å². The van der Waals surface area contributed by atoms with Crippen LogP contribution in [0.2, 0.25) is 0 Å². The number of halogens is 3. The number of piperazine rings is 1. The summed E-state index contributed by atoms with van der Waals surface area (Å²) in [5, 5.41) is 2.58. The van der Waals surface area contributed by atoms with Crippen LogP contribution in [0.1, 0.15) is 16.8 Å². The molecule has 0 aliphatic carbocycles. The van der Waals surface area contributed by atoms with E-state index in [4.69, 9.17) is 9.47 Å². The summed E-state index contributed by atoms with van der Waals surface area (Å²) < 4.78 is 37.0. The number of carbonyl (C=O) groups excluding carboxylic acids is 2. The number of hydrogen-bond acceptors (Lipinski definition) is 5. The molecule has 2 amide bonds. The van der Waals surface area contributed by atoms with Crippen molar-refractivity contribution in [2.75, 3.05) is 46.9 Å². The van der Waals surface area contributed by atoms with Crippen molar-refractivity contribution < 1.29 is 27.8 Å². The van der Waals surface area contributed by atoms with Crippen molar-refractivity contribution in [1.82, 2.24) is 15.1 Å². The summed E-state index contributed by atoms with van der Waals surface area (Å²) >= 11 is 0. The fourth-order valence-electron chi connectivity index (χ4n) is 3.39. The van der Waals surface area contributed by atoms with Crippen LogP contribution in [0.4, 0.5) is 8.78 Å². The normalized spacial score (nSPS) is 21.1. The first-order valence-electron chi connectivity index (χ1n) is 8.76. The van der Waals surface area contributed by atoms with Gasteiger partial charge in [0.05, 0.1) is 32.4 Å².